The van der Waals surface area contributed by atoms with Crippen LogP contribution in [0.1, 0.15) is 44.2 Å². The fraction of sp³-hybridized carbons (Fsp3) is 0.481. The summed E-state index contributed by atoms with van der Waals surface area (Å²) < 4.78 is 40.6. The fourth-order valence-corrected chi connectivity index (χ4v) is 5.08. The van der Waals surface area contributed by atoms with Crippen molar-refractivity contribution in [2.45, 2.75) is 51.7 Å². The number of halogens is 3. The van der Waals surface area contributed by atoms with Crippen LogP contribution in [0.4, 0.5) is 30.9 Å². The second-order valence-corrected chi connectivity index (χ2v) is 9.74. The molecule has 1 unspecified atom stereocenters. The summed E-state index contributed by atoms with van der Waals surface area (Å²) in [6, 6.07) is 11.1. The Hall–Kier alpha value is -3.43. The summed E-state index contributed by atoms with van der Waals surface area (Å²) in [5.41, 5.74) is 1.50. The average molecular weight is 512 g/mol. The summed E-state index contributed by atoms with van der Waals surface area (Å²) in [6.07, 6.45) is 1.25. The number of aryl methyl sites for hydroxylation is 1. The van der Waals surface area contributed by atoms with Crippen LogP contribution in [0.15, 0.2) is 42.6 Å². The highest BCUT2D eigenvalue weighted by molar-refractivity contribution is 5.60. The maximum Gasteiger partial charge on any atom is 0.419 e. The molecule has 1 aromatic carbocycles. The summed E-state index contributed by atoms with van der Waals surface area (Å²) in [5, 5.41) is 0. The molecular formula is C27H32F3N7. The Morgan fingerprint density at radius 2 is 1.59 bits per heavy atom. The van der Waals surface area contributed by atoms with Crippen LogP contribution in [-0.4, -0.2) is 58.7 Å². The Labute approximate surface area is 215 Å². The van der Waals surface area contributed by atoms with E-state index in [-0.39, 0.29) is 5.82 Å². The predicted octanol–water partition coefficient (Wildman–Crippen LogP) is 5.22. The molecule has 2 fully saturated rings. The van der Waals surface area contributed by atoms with Gasteiger partial charge in [0.05, 0.1) is 5.56 Å². The zero-order valence-electron chi connectivity index (χ0n) is 21.2. The Morgan fingerprint density at radius 1 is 0.892 bits per heavy atom. The van der Waals surface area contributed by atoms with Crippen LogP contribution in [0.3, 0.4) is 0 Å². The standard InChI is InChI=1S/C27H32F3N7/c1-3-6-20-9-11-21(12-10-20)23-32-25(34-26(33-23)37-14-5-7-19(37)2)36-17-15-35(16-18-36)24-22(27(28,29)30)8-4-13-31-24/h4,8-13,19H,3,5-7,14-18H2,1-2H3. The van der Waals surface area contributed by atoms with Crippen molar-refractivity contribution in [3.8, 4) is 11.4 Å². The molecule has 7 nitrogen and oxygen atoms in total. The molecule has 0 aliphatic carbocycles. The number of benzene rings is 1. The highest BCUT2D eigenvalue weighted by Crippen LogP contribution is 2.35. The summed E-state index contributed by atoms with van der Waals surface area (Å²) >= 11 is 0. The number of hydrogen-bond donors (Lipinski definition) is 0. The highest BCUT2D eigenvalue weighted by atomic mass is 19.4. The molecule has 2 saturated heterocycles. The molecule has 10 heteroatoms. The third-order valence-corrected chi connectivity index (χ3v) is 7.13. The van der Waals surface area contributed by atoms with Crippen LogP contribution < -0.4 is 14.7 Å². The summed E-state index contributed by atoms with van der Waals surface area (Å²) in [5.74, 6) is 1.82. The fourth-order valence-electron chi connectivity index (χ4n) is 5.08. The second-order valence-electron chi connectivity index (χ2n) is 9.74. The number of nitrogens with zero attached hydrogens (tertiary/aromatic N) is 7. The molecule has 0 saturated carbocycles. The number of piperazine rings is 1. The van der Waals surface area contributed by atoms with Gasteiger partial charge in [0.2, 0.25) is 11.9 Å². The lowest BCUT2D eigenvalue weighted by Crippen LogP contribution is -2.48. The monoisotopic (exact) mass is 511 g/mol. The number of aromatic nitrogens is 4. The van der Waals surface area contributed by atoms with Crippen molar-refractivity contribution in [2.24, 2.45) is 0 Å². The van der Waals surface area contributed by atoms with Crippen LogP contribution in [0.2, 0.25) is 0 Å². The molecule has 0 amide bonds. The molecule has 3 aromatic rings. The third kappa shape index (κ3) is 5.47. The lowest BCUT2D eigenvalue weighted by Gasteiger charge is -2.36. The van der Waals surface area contributed by atoms with Crippen molar-refractivity contribution in [3.05, 3.63) is 53.7 Å². The Morgan fingerprint density at radius 3 is 2.24 bits per heavy atom. The molecule has 0 bridgehead atoms. The largest absolute Gasteiger partial charge is 0.419 e. The van der Waals surface area contributed by atoms with Crippen LogP contribution in [0.25, 0.3) is 11.4 Å². The van der Waals surface area contributed by atoms with Crippen molar-refractivity contribution >= 4 is 17.7 Å². The first-order valence-electron chi connectivity index (χ1n) is 13.0. The van der Waals surface area contributed by atoms with Crippen LogP contribution in [0, 0.1) is 0 Å². The molecule has 2 aliphatic rings. The van der Waals surface area contributed by atoms with Gasteiger partial charge in [-0.25, -0.2) is 4.98 Å². The third-order valence-electron chi connectivity index (χ3n) is 7.13. The van der Waals surface area contributed by atoms with Crippen LogP contribution in [-0.2, 0) is 12.6 Å². The normalized spacial score (nSPS) is 18.5. The van der Waals surface area contributed by atoms with Gasteiger partial charge >= 0.3 is 6.18 Å². The minimum atomic E-state index is -4.45. The molecular weight excluding hydrogens is 479 g/mol. The van der Waals surface area contributed by atoms with Crippen LogP contribution in [0.5, 0.6) is 0 Å². The molecule has 37 heavy (non-hydrogen) atoms. The highest BCUT2D eigenvalue weighted by Gasteiger charge is 2.36. The van der Waals surface area contributed by atoms with Gasteiger partial charge < -0.3 is 14.7 Å². The minimum absolute atomic E-state index is 0.0234. The smallest absolute Gasteiger partial charge is 0.353 e. The Bertz CT molecular complexity index is 1210. The average Bonchev–Trinajstić information content (AvgIpc) is 3.34. The molecule has 196 valence electrons. The zero-order valence-corrected chi connectivity index (χ0v) is 21.2. The molecule has 0 N–H and O–H groups in total. The van der Waals surface area contributed by atoms with E-state index < -0.39 is 11.7 Å². The maximum absolute atomic E-state index is 13.5. The molecule has 2 aromatic heterocycles. The SMILES string of the molecule is CCCc1ccc(-c2nc(N3CCN(c4ncccc4C(F)(F)F)CC3)nc(N3CCCC3C)n2)cc1. The summed E-state index contributed by atoms with van der Waals surface area (Å²) in [7, 11) is 0. The molecule has 4 heterocycles. The van der Waals surface area contributed by atoms with Gasteiger partial charge in [0.15, 0.2) is 5.82 Å². The number of rotatable bonds is 6. The Kier molecular flexibility index (Phi) is 7.17. The first-order chi connectivity index (χ1) is 17.8. The maximum atomic E-state index is 13.5. The van der Waals surface area contributed by atoms with E-state index in [1.807, 2.05) is 4.90 Å². The van der Waals surface area contributed by atoms with E-state index in [0.717, 1.165) is 43.9 Å². The van der Waals surface area contributed by atoms with E-state index >= 15 is 0 Å². The van der Waals surface area contributed by atoms with Crippen molar-refractivity contribution < 1.29 is 13.2 Å². The summed E-state index contributed by atoms with van der Waals surface area (Å²) in [4.78, 5) is 24.5. The molecule has 0 spiro atoms. The van der Waals surface area contributed by atoms with Gasteiger partial charge in [-0.2, -0.15) is 28.1 Å². The van der Waals surface area contributed by atoms with E-state index in [1.54, 1.807) is 4.90 Å². The lowest BCUT2D eigenvalue weighted by atomic mass is 10.1. The predicted molar refractivity (Wildman–Crippen MR) is 139 cm³/mol. The summed E-state index contributed by atoms with van der Waals surface area (Å²) in [6.45, 7) is 6.99. The van der Waals surface area contributed by atoms with Gasteiger partial charge in [-0.3, -0.25) is 0 Å². The van der Waals surface area contributed by atoms with E-state index in [2.05, 4.69) is 48.0 Å². The topological polar surface area (TPSA) is 61.3 Å². The lowest BCUT2D eigenvalue weighted by molar-refractivity contribution is -0.137. The van der Waals surface area contributed by atoms with Gasteiger partial charge in [-0.15, -0.1) is 0 Å². The van der Waals surface area contributed by atoms with E-state index in [4.69, 9.17) is 15.0 Å². The van der Waals surface area contributed by atoms with Gasteiger partial charge in [-0.05, 0) is 43.9 Å². The number of alkyl halides is 3. The van der Waals surface area contributed by atoms with Crippen molar-refractivity contribution in [3.63, 3.8) is 0 Å². The van der Waals surface area contributed by atoms with Gasteiger partial charge in [0.25, 0.3) is 0 Å². The number of anilines is 3. The first kappa shape index (κ1) is 25.2. The molecule has 2 aliphatic heterocycles. The van der Waals surface area contributed by atoms with E-state index in [9.17, 15) is 13.2 Å². The first-order valence-corrected chi connectivity index (χ1v) is 13.0. The number of hydrogen-bond acceptors (Lipinski definition) is 7. The molecule has 5 rings (SSSR count). The Balaban J connectivity index is 1.41. The van der Waals surface area contributed by atoms with Gasteiger partial charge in [0.1, 0.15) is 5.82 Å². The van der Waals surface area contributed by atoms with Gasteiger partial charge in [0, 0.05) is 50.5 Å². The van der Waals surface area contributed by atoms with Crippen molar-refractivity contribution in [1.82, 2.24) is 19.9 Å². The minimum Gasteiger partial charge on any atom is -0.353 e. The van der Waals surface area contributed by atoms with Crippen molar-refractivity contribution in [2.75, 3.05) is 47.4 Å². The molecule has 1 atom stereocenters. The quantitative estimate of drug-likeness (QED) is 0.450. The van der Waals surface area contributed by atoms with E-state index in [1.165, 1.54) is 17.8 Å². The molecule has 0 radical (unpaired) electrons. The van der Waals surface area contributed by atoms with E-state index in [0.29, 0.717) is 49.9 Å². The van der Waals surface area contributed by atoms with Gasteiger partial charge in [-0.1, -0.05) is 37.6 Å². The van der Waals surface area contributed by atoms with Crippen LogP contribution >= 0.6 is 0 Å². The number of pyridine rings is 1. The zero-order chi connectivity index (χ0) is 26.0. The van der Waals surface area contributed by atoms with Crippen molar-refractivity contribution in [1.29, 1.82) is 0 Å². The second kappa shape index (κ2) is 10.5.